The van der Waals surface area contributed by atoms with Gasteiger partial charge in [0.25, 0.3) is 0 Å². The largest absolute Gasteiger partial charge is 0.497 e. The fraction of sp³-hybridized carbons (Fsp3) is 0.404. The Bertz CT molecular complexity index is 2570. The second-order valence-electron chi connectivity index (χ2n) is 16.1. The molecule has 7 rings (SSSR count). The second-order valence-corrected chi connectivity index (χ2v) is 16.1. The van der Waals surface area contributed by atoms with Crippen molar-refractivity contribution >= 4 is 35.1 Å². The maximum Gasteiger partial charge on any atom is 0.471 e. The Labute approximate surface area is 405 Å². The number of carbonyl (C=O) groups excluding carboxylic acids is 4. The highest BCUT2D eigenvalue weighted by Gasteiger charge is 2.39. The van der Waals surface area contributed by atoms with E-state index in [1.807, 2.05) is 6.07 Å². The zero-order chi connectivity index (χ0) is 51.3. The Balaban J connectivity index is 0.000000232. The van der Waals surface area contributed by atoms with Gasteiger partial charge in [-0.25, -0.2) is 9.59 Å². The Morgan fingerprint density at radius 3 is 1.55 bits per heavy atom. The van der Waals surface area contributed by atoms with Gasteiger partial charge in [0.1, 0.15) is 11.5 Å². The van der Waals surface area contributed by atoms with Gasteiger partial charge < -0.3 is 38.8 Å². The number of likely N-dealkylation sites (N-methyl/N-ethyl adjacent to an activating group) is 2. The van der Waals surface area contributed by atoms with Crippen molar-refractivity contribution < 1.29 is 59.4 Å². The van der Waals surface area contributed by atoms with Crippen molar-refractivity contribution in [3.8, 4) is 23.0 Å². The van der Waals surface area contributed by atoms with Crippen LogP contribution in [-0.2, 0) is 24.1 Å². The molecular weight excluding hydrogens is 945 g/mol. The molecule has 380 valence electrons. The number of alkyl halides is 6. The lowest BCUT2D eigenvalue weighted by Crippen LogP contribution is -2.52. The van der Waals surface area contributed by atoms with E-state index in [2.05, 4.69) is 43.8 Å². The van der Waals surface area contributed by atoms with E-state index < -0.39 is 36.5 Å². The monoisotopic (exact) mass is 997 g/mol. The van der Waals surface area contributed by atoms with E-state index in [4.69, 9.17) is 13.9 Å². The van der Waals surface area contributed by atoms with Crippen LogP contribution in [0.4, 0.5) is 47.3 Å². The number of methoxy groups -OCH3 is 2. The summed E-state index contributed by atoms with van der Waals surface area (Å²) in [7, 11) is 3.08. The third-order valence-electron chi connectivity index (χ3n) is 11.6. The molecule has 5 amide bonds. The average molecular weight is 998 g/mol. The third kappa shape index (κ3) is 14.4. The Hall–Kier alpha value is -7.34. The van der Waals surface area contributed by atoms with Gasteiger partial charge in [-0.3, -0.25) is 29.4 Å². The fourth-order valence-corrected chi connectivity index (χ4v) is 7.42. The molecule has 2 fully saturated rings. The molecule has 24 heteroatoms. The van der Waals surface area contributed by atoms with E-state index >= 15 is 0 Å². The molecule has 1 N–H and O–H groups in total. The van der Waals surface area contributed by atoms with Gasteiger partial charge in [0.05, 0.1) is 50.8 Å². The van der Waals surface area contributed by atoms with Gasteiger partial charge in [0.15, 0.2) is 5.78 Å². The van der Waals surface area contributed by atoms with Crippen LogP contribution >= 0.6 is 0 Å². The summed E-state index contributed by atoms with van der Waals surface area (Å²) < 4.78 is 90.5. The minimum absolute atomic E-state index is 0.0381. The quantitative estimate of drug-likeness (QED) is 0.0925. The zero-order valence-corrected chi connectivity index (χ0v) is 39.4. The maximum absolute atomic E-state index is 13.5. The van der Waals surface area contributed by atoms with Crippen LogP contribution in [0.3, 0.4) is 0 Å². The number of amides is 5. The lowest BCUT2D eigenvalue weighted by atomic mass is 10.1. The number of hydrogen-bond acceptors (Lipinski definition) is 13. The summed E-state index contributed by atoms with van der Waals surface area (Å²) in [5, 5.41) is 8.02. The smallest absolute Gasteiger partial charge is 0.471 e. The van der Waals surface area contributed by atoms with Gasteiger partial charge in [-0.1, -0.05) is 26.0 Å². The second kappa shape index (κ2) is 24.0. The molecule has 2 aromatic carbocycles. The summed E-state index contributed by atoms with van der Waals surface area (Å²) >= 11 is 0. The number of piperazine rings is 2. The molecule has 0 atom stereocenters. The van der Waals surface area contributed by atoms with E-state index in [0.717, 1.165) is 39.3 Å². The molecule has 0 radical (unpaired) electrons. The number of nitrogens with one attached hydrogen (secondary N) is 1. The van der Waals surface area contributed by atoms with Crippen molar-refractivity contribution in [2.24, 2.45) is 0 Å². The number of Topliss-reactive ketones (excluding diaryl/α,β-unsaturated/α-hetero) is 1. The zero-order valence-electron chi connectivity index (χ0n) is 39.4. The third-order valence-corrected chi connectivity index (χ3v) is 11.6. The molecule has 2 aliphatic heterocycles. The molecule has 0 saturated carbocycles. The van der Waals surface area contributed by atoms with Crippen LogP contribution in [0.15, 0.2) is 89.6 Å². The number of pyridine rings is 2. The minimum atomic E-state index is -5.07. The normalized spacial score (nSPS) is 14.5. The first-order valence-electron chi connectivity index (χ1n) is 22.5. The number of aromatic nitrogens is 4. The van der Waals surface area contributed by atoms with Crippen LogP contribution in [0, 0.1) is 0 Å². The molecule has 2 aliphatic rings. The van der Waals surface area contributed by atoms with E-state index in [1.165, 1.54) is 37.7 Å². The number of ketones is 1. The molecule has 18 nitrogen and oxygen atoms in total. The molecule has 0 spiro atoms. The maximum atomic E-state index is 13.5. The first-order chi connectivity index (χ1) is 33.9. The topological polar surface area (TPSA) is 183 Å². The summed E-state index contributed by atoms with van der Waals surface area (Å²) in [5.41, 5.74) is 2.53. The molecule has 5 aromatic rings. The molecule has 5 heterocycles. The van der Waals surface area contributed by atoms with Crippen LogP contribution in [0.2, 0.25) is 0 Å². The first-order valence-corrected chi connectivity index (χ1v) is 22.5. The van der Waals surface area contributed by atoms with Crippen molar-refractivity contribution in [2.45, 2.75) is 39.3 Å². The van der Waals surface area contributed by atoms with Crippen LogP contribution < -0.4 is 24.6 Å². The van der Waals surface area contributed by atoms with E-state index in [1.54, 1.807) is 80.6 Å². The number of halogens is 6. The number of hydrogen-bond donors (Lipinski definition) is 1. The van der Waals surface area contributed by atoms with E-state index in [-0.39, 0.29) is 42.2 Å². The summed E-state index contributed by atoms with van der Waals surface area (Å²) in [5.74, 6) is -3.43. The van der Waals surface area contributed by atoms with Crippen molar-refractivity contribution in [3.63, 3.8) is 0 Å². The number of benzene rings is 2. The molecule has 0 bridgehead atoms. The van der Waals surface area contributed by atoms with Gasteiger partial charge in [-0.15, -0.1) is 10.2 Å². The van der Waals surface area contributed by atoms with Crippen LogP contribution in [0.25, 0.3) is 11.5 Å². The van der Waals surface area contributed by atoms with Gasteiger partial charge in [-0.05, 0) is 61.6 Å². The van der Waals surface area contributed by atoms with Crippen molar-refractivity contribution in [1.82, 2.24) is 45.1 Å². The highest BCUT2D eigenvalue weighted by molar-refractivity contribution is 5.99. The number of rotatable bonds is 14. The average Bonchev–Trinajstić information content (AvgIpc) is 3.91. The standard InChI is InChI=1S/C24H28F3N5O4.C23H25F3N6O3/c1-3-30-9-11-31(12-10-30)23(35)32(19-5-4-6-20(13-19)36-2)16-18-8-7-17(14-28-18)21(33)15-29-22(34)24(25,26)27;1-3-30-9-11-31(12-10-30)22(33)32(18-5-4-6-19(13-18)34-2)15-17-8-7-16(14-27-17)20-28-29-21(35-20)23(24,25)26/h4-8,13-14H,3,9-12,15-16H2,1-2H3,(H,29,34);4-8,13-14H,3,9-12,15H2,1-2H3. The number of ether oxygens (including phenoxy) is 2. The lowest BCUT2D eigenvalue weighted by Gasteiger charge is -2.37. The Kier molecular flexibility index (Phi) is 17.9. The highest BCUT2D eigenvalue weighted by Crippen LogP contribution is 2.31. The van der Waals surface area contributed by atoms with Crippen molar-refractivity contribution in [2.75, 3.05) is 96.0 Å². The lowest BCUT2D eigenvalue weighted by molar-refractivity contribution is -0.173. The number of anilines is 2. The van der Waals surface area contributed by atoms with Crippen molar-refractivity contribution in [3.05, 3.63) is 108 Å². The molecule has 2 saturated heterocycles. The first kappa shape index (κ1) is 53.0. The Morgan fingerprint density at radius 1 is 0.662 bits per heavy atom. The predicted molar refractivity (Wildman–Crippen MR) is 247 cm³/mol. The fourth-order valence-electron chi connectivity index (χ4n) is 7.42. The SMILES string of the molecule is CCN1CCN(C(=O)N(Cc2ccc(-c3nnc(C(F)(F)F)o3)cn2)c2cccc(OC)c2)CC1.CCN1CCN(C(=O)N(Cc2ccc(C(=O)CNC(=O)C(F)(F)F)cn2)c2cccc(OC)c2)CC1. The Morgan fingerprint density at radius 2 is 1.15 bits per heavy atom. The summed E-state index contributed by atoms with van der Waals surface area (Å²) in [4.78, 5) is 69.9. The summed E-state index contributed by atoms with van der Waals surface area (Å²) in [6, 6.07) is 19.9. The van der Waals surface area contributed by atoms with Gasteiger partial charge in [-0.2, -0.15) is 26.3 Å². The number of carbonyl (C=O) groups is 4. The predicted octanol–water partition coefficient (Wildman–Crippen LogP) is 6.64. The van der Waals surface area contributed by atoms with E-state index in [0.29, 0.717) is 60.4 Å². The summed E-state index contributed by atoms with van der Waals surface area (Å²) in [6.07, 6.45) is -7.23. The number of nitrogens with zero attached hydrogens (tertiary/aromatic N) is 10. The van der Waals surface area contributed by atoms with Gasteiger partial charge in [0, 0.05) is 93.8 Å². The van der Waals surface area contributed by atoms with Crippen molar-refractivity contribution in [1.29, 1.82) is 0 Å². The van der Waals surface area contributed by atoms with Crippen LogP contribution in [0.5, 0.6) is 11.5 Å². The summed E-state index contributed by atoms with van der Waals surface area (Å²) in [6.45, 7) is 11.0. The highest BCUT2D eigenvalue weighted by atomic mass is 19.4. The number of urea groups is 2. The van der Waals surface area contributed by atoms with Crippen LogP contribution in [-0.4, -0.2) is 156 Å². The molecule has 71 heavy (non-hydrogen) atoms. The minimum Gasteiger partial charge on any atom is -0.497 e. The van der Waals surface area contributed by atoms with Crippen LogP contribution in [0.1, 0.15) is 41.5 Å². The van der Waals surface area contributed by atoms with E-state index in [9.17, 15) is 45.5 Å². The van der Waals surface area contributed by atoms with Gasteiger partial charge >= 0.3 is 36.2 Å². The van der Waals surface area contributed by atoms with Gasteiger partial charge in [0.2, 0.25) is 5.89 Å². The molecule has 3 aromatic heterocycles. The molecule has 0 unspecified atom stereocenters. The molecule has 0 aliphatic carbocycles. The molecular formula is C47H53F6N11O7.